The van der Waals surface area contributed by atoms with E-state index in [1.807, 2.05) is 42.7 Å². The Morgan fingerprint density at radius 2 is 2.11 bits per heavy atom. The Morgan fingerprint density at radius 1 is 1.44 bits per heavy atom. The second-order valence-corrected chi connectivity index (χ2v) is 5.25. The second-order valence-electron chi connectivity index (χ2n) is 4.98. The van der Waals surface area contributed by atoms with Crippen LogP contribution in [0, 0.1) is 5.41 Å². The Kier molecular flexibility index (Phi) is 3.30. The molecule has 0 saturated heterocycles. The van der Waals surface area contributed by atoms with Crippen molar-refractivity contribution in [3.8, 4) is 0 Å². The first kappa shape index (κ1) is 12.9. The highest BCUT2D eigenvalue weighted by Crippen LogP contribution is 2.24. The second kappa shape index (κ2) is 4.61. The standard InChI is InChI=1S/C13H16ClN3O/c1-13(2,12(15)18)8-17-10-6-4-3-5-9(10)16-11(17)7-14/h3-6H,7-8H2,1-2H3,(H2,15,18). The summed E-state index contributed by atoms with van der Waals surface area (Å²) in [6.45, 7) is 4.12. The molecular weight excluding hydrogens is 250 g/mol. The lowest BCUT2D eigenvalue weighted by Crippen LogP contribution is -2.35. The van der Waals surface area contributed by atoms with Gasteiger partial charge in [0.05, 0.1) is 22.3 Å². The minimum atomic E-state index is -0.635. The molecule has 0 aliphatic carbocycles. The molecule has 0 aliphatic heterocycles. The lowest BCUT2D eigenvalue weighted by Gasteiger charge is -2.22. The number of nitrogens with two attached hydrogens (primary N) is 1. The van der Waals surface area contributed by atoms with Crippen molar-refractivity contribution >= 4 is 28.5 Å². The highest BCUT2D eigenvalue weighted by Gasteiger charge is 2.27. The van der Waals surface area contributed by atoms with Gasteiger partial charge in [0.1, 0.15) is 5.82 Å². The topological polar surface area (TPSA) is 60.9 Å². The summed E-state index contributed by atoms with van der Waals surface area (Å²) in [6, 6.07) is 7.77. The Morgan fingerprint density at radius 3 is 2.72 bits per heavy atom. The molecule has 0 unspecified atom stereocenters. The molecule has 1 aromatic carbocycles. The molecule has 4 nitrogen and oxygen atoms in total. The van der Waals surface area contributed by atoms with E-state index in [1.165, 1.54) is 0 Å². The molecule has 0 atom stereocenters. The summed E-state index contributed by atoms with van der Waals surface area (Å²) in [4.78, 5) is 15.9. The van der Waals surface area contributed by atoms with Crippen molar-refractivity contribution in [1.82, 2.24) is 9.55 Å². The number of benzene rings is 1. The molecule has 0 spiro atoms. The van der Waals surface area contributed by atoms with Crippen LogP contribution in [0.15, 0.2) is 24.3 Å². The molecule has 2 rings (SSSR count). The Labute approximate surface area is 111 Å². The summed E-state index contributed by atoms with van der Waals surface area (Å²) in [5, 5.41) is 0. The van der Waals surface area contributed by atoms with Crippen molar-refractivity contribution in [2.45, 2.75) is 26.3 Å². The van der Waals surface area contributed by atoms with Crippen LogP contribution in [0.3, 0.4) is 0 Å². The van der Waals surface area contributed by atoms with Gasteiger partial charge in [0.2, 0.25) is 5.91 Å². The minimum absolute atomic E-state index is 0.309. The zero-order chi connectivity index (χ0) is 13.3. The van der Waals surface area contributed by atoms with E-state index in [4.69, 9.17) is 17.3 Å². The van der Waals surface area contributed by atoms with Crippen LogP contribution >= 0.6 is 11.6 Å². The number of alkyl halides is 1. The van der Waals surface area contributed by atoms with Gasteiger partial charge in [0.25, 0.3) is 0 Å². The molecule has 0 fully saturated rings. The molecule has 0 saturated carbocycles. The highest BCUT2D eigenvalue weighted by molar-refractivity contribution is 6.16. The van der Waals surface area contributed by atoms with E-state index in [2.05, 4.69) is 4.98 Å². The van der Waals surface area contributed by atoms with Gasteiger partial charge in [-0.3, -0.25) is 4.79 Å². The van der Waals surface area contributed by atoms with Crippen LogP contribution < -0.4 is 5.73 Å². The maximum absolute atomic E-state index is 11.4. The predicted molar refractivity (Wildman–Crippen MR) is 72.3 cm³/mol. The summed E-state index contributed by atoms with van der Waals surface area (Å²) in [7, 11) is 0. The quantitative estimate of drug-likeness (QED) is 0.862. The third-order valence-corrected chi connectivity index (χ3v) is 3.31. The van der Waals surface area contributed by atoms with Crippen LogP contribution in [0.1, 0.15) is 19.7 Å². The van der Waals surface area contributed by atoms with Crippen LogP contribution in [-0.4, -0.2) is 15.5 Å². The number of para-hydroxylation sites is 2. The molecule has 2 aromatic rings. The highest BCUT2D eigenvalue weighted by atomic mass is 35.5. The van der Waals surface area contributed by atoms with Crippen LogP contribution in [0.2, 0.25) is 0 Å². The normalized spacial score (nSPS) is 11.9. The van der Waals surface area contributed by atoms with Gasteiger partial charge in [-0.25, -0.2) is 4.98 Å². The third kappa shape index (κ3) is 2.20. The maximum atomic E-state index is 11.4. The van der Waals surface area contributed by atoms with Gasteiger partial charge >= 0.3 is 0 Å². The van der Waals surface area contributed by atoms with E-state index < -0.39 is 5.41 Å². The van der Waals surface area contributed by atoms with Crippen LogP contribution in [-0.2, 0) is 17.2 Å². The molecule has 1 aromatic heterocycles. The van der Waals surface area contributed by atoms with Crippen LogP contribution in [0.25, 0.3) is 11.0 Å². The number of hydrogen-bond acceptors (Lipinski definition) is 2. The first-order valence-electron chi connectivity index (χ1n) is 5.76. The van der Waals surface area contributed by atoms with Gasteiger partial charge in [-0.2, -0.15) is 0 Å². The van der Waals surface area contributed by atoms with Gasteiger partial charge in [-0.1, -0.05) is 12.1 Å². The maximum Gasteiger partial charge on any atom is 0.224 e. The van der Waals surface area contributed by atoms with Gasteiger partial charge in [0.15, 0.2) is 0 Å². The number of rotatable bonds is 4. The largest absolute Gasteiger partial charge is 0.369 e. The predicted octanol–water partition coefficient (Wildman–Crippen LogP) is 2.29. The number of carbonyl (C=O) groups is 1. The Hall–Kier alpha value is -1.55. The summed E-state index contributed by atoms with van der Waals surface area (Å²) >= 11 is 5.91. The molecule has 2 N–H and O–H groups in total. The van der Waals surface area contributed by atoms with Crippen molar-refractivity contribution in [1.29, 1.82) is 0 Å². The molecule has 5 heteroatoms. The number of nitrogens with zero attached hydrogens (tertiary/aromatic N) is 2. The van der Waals surface area contributed by atoms with Gasteiger partial charge in [-0.15, -0.1) is 11.6 Å². The van der Waals surface area contributed by atoms with Crippen molar-refractivity contribution in [2.24, 2.45) is 11.1 Å². The molecule has 0 aliphatic rings. The first-order chi connectivity index (χ1) is 8.45. The number of imidazole rings is 1. The lowest BCUT2D eigenvalue weighted by atomic mass is 9.92. The number of aromatic nitrogens is 2. The van der Waals surface area contributed by atoms with Crippen molar-refractivity contribution < 1.29 is 4.79 Å². The van der Waals surface area contributed by atoms with Crippen molar-refractivity contribution in [3.05, 3.63) is 30.1 Å². The SMILES string of the molecule is CC(C)(Cn1c(CCl)nc2ccccc21)C(N)=O. The number of carbonyl (C=O) groups excluding carboxylic acids is 1. The summed E-state index contributed by atoms with van der Waals surface area (Å²) in [6.07, 6.45) is 0. The van der Waals surface area contributed by atoms with Gasteiger partial charge in [-0.05, 0) is 26.0 Å². The number of primary amides is 1. The monoisotopic (exact) mass is 265 g/mol. The zero-order valence-electron chi connectivity index (χ0n) is 10.5. The average molecular weight is 266 g/mol. The van der Waals surface area contributed by atoms with Crippen LogP contribution in [0.5, 0.6) is 0 Å². The van der Waals surface area contributed by atoms with E-state index in [0.29, 0.717) is 12.4 Å². The Bertz CT molecular complexity index is 589. The van der Waals surface area contributed by atoms with E-state index in [-0.39, 0.29) is 5.91 Å². The minimum Gasteiger partial charge on any atom is -0.369 e. The van der Waals surface area contributed by atoms with E-state index >= 15 is 0 Å². The fraction of sp³-hybridized carbons (Fsp3) is 0.385. The van der Waals surface area contributed by atoms with E-state index in [1.54, 1.807) is 0 Å². The molecular formula is C13H16ClN3O. The number of amides is 1. The third-order valence-electron chi connectivity index (χ3n) is 3.07. The molecule has 96 valence electrons. The fourth-order valence-electron chi connectivity index (χ4n) is 1.88. The van der Waals surface area contributed by atoms with Crippen LogP contribution in [0.4, 0.5) is 0 Å². The van der Waals surface area contributed by atoms with E-state index in [0.717, 1.165) is 16.9 Å². The number of halogens is 1. The zero-order valence-corrected chi connectivity index (χ0v) is 11.2. The summed E-state index contributed by atoms with van der Waals surface area (Å²) in [5.74, 6) is 0.733. The van der Waals surface area contributed by atoms with Crippen molar-refractivity contribution in [2.75, 3.05) is 0 Å². The average Bonchev–Trinajstić information content (AvgIpc) is 2.67. The molecule has 1 heterocycles. The van der Waals surface area contributed by atoms with Gasteiger partial charge in [0, 0.05) is 6.54 Å². The smallest absolute Gasteiger partial charge is 0.224 e. The summed E-state index contributed by atoms with van der Waals surface area (Å²) < 4.78 is 1.97. The fourth-order valence-corrected chi connectivity index (χ4v) is 2.08. The Balaban J connectivity index is 2.52. The van der Waals surface area contributed by atoms with Crippen molar-refractivity contribution in [3.63, 3.8) is 0 Å². The van der Waals surface area contributed by atoms with E-state index in [9.17, 15) is 4.79 Å². The molecule has 0 radical (unpaired) electrons. The van der Waals surface area contributed by atoms with Gasteiger partial charge < -0.3 is 10.3 Å². The molecule has 0 bridgehead atoms. The lowest BCUT2D eigenvalue weighted by molar-refractivity contribution is -0.126. The number of hydrogen-bond donors (Lipinski definition) is 1. The summed E-state index contributed by atoms with van der Waals surface area (Å²) in [5.41, 5.74) is 6.64. The first-order valence-corrected chi connectivity index (χ1v) is 6.29. The number of fused-ring (bicyclic) bond motifs is 1. The molecule has 1 amide bonds. The molecule has 18 heavy (non-hydrogen) atoms.